The van der Waals surface area contributed by atoms with Crippen LogP contribution in [0.1, 0.15) is 27.3 Å². The maximum absolute atomic E-state index is 12.6. The lowest BCUT2D eigenvalue weighted by atomic mass is 10.2. The number of rotatable bonds is 2. The van der Waals surface area contributed by atoms with Gasteiger partial charge in [0.25, 0.3) is 11.8 Å². The van der Waals surface area contributed by atoms with Crippen LogP contribution in [0.15, 0.2) is 42.7 Å². The van der Waals surface area contributed by atoms with E-state index in [2.05, 4.69) is 9.97 Å². The summed E-state index contributed by atoms with van der Waals surface area (Å²) in [5.74, 6) is -0.123. The van der Waals surface area contributed by atoms with E-state index in [0.29, 0.717) is 38.2 Å². The van der Waals surface area contributed by atoms with Gasteiger partial charge in [0.1, 0.15) is 0 Å². The quantitative estimate of drug-likeness (QED) is 0.891. The van der Waals surface area contributed by atoms with E-state index in [1.807, 2.05) is 18.2 Å². The molecule has 7 nitrogen and oxygen atoms in total. The first-order valence-electron chi connectivity index (χ1n) is 7.87. The molecule has 1 aromatic carbocycles. The summed E-state index contributed by atoms with van der Waals surface area (Å²) in [6.45, 7) is 2.12. The summed E-state index contributed by atoms with van der Waals surface area (Å²) in [7, 11) is 0. The molecule has 124 valence electrons. The molecule has 7 heteroatoms. The number of amides is 2. The predicted octanol–water partition coefficient (Wildman–Crippen LogP) is 1.05. The molecular formula is C17H19N5O2. The van der Waals surface area contributed by atoms with Gasteiger partial charge in [-0.3, -0.25) is 9.59 Å². The molecule has 1 aromatic heterocycles. The van der Waals surface area contributed by atoms with Crippen LogP contribution < -0.4 is 5.73 Å². The van der Waals surface area contributed by atoms with E-state index in [1.165, 1.54) is 12.4 Å². The van der Waals surface area contributed by atoms with Gasteiger partial charge in [-0.05, 0) is 18.6 Å². The molecule has 0 bridgehead atoms. The minimum Gasteiger partial charge on any atom is -0.382 e. The van der Waals surface area contributed by atoms with E-state index in [9.17, 15) is 9.59 Å². The fourth-order valence-electron chi connectivity index (χ4n) is 2.75. The van der Waals surface area contributed by atoms with Crippen molar-refractivity contribution < 1.29 is 9.59 Å². The Hall–Kier alpha value is -2.96. The highest BCUT2D eigenvalue weighted by atomic mass is 16.2. The van der Waals surface area contributed by atoms with Gasteiger partial charge >= 0.3 is 0 Å². The van der Waals surface area contributed by atoms with Crippen molar-refractivity contribution in [3.8, 4) is 0 Å². The van der Waals surface area contributed by atoms with Crippen molar-refractivity contribution in [2.45, 2.75) is 6.42 Å². The maximum atomic E-state index is 12.6. The van der Waals surface area contributed by atoms with Crippen LogP contribution in [0.4, 0.5) is 5.82 Å². The molecule has 0 unspecified atom stereocenters. The van der Waals surface area contributed by atoms with E-state index in [0.717, 1.165) is 0 Å². The number of nitrogens with zero attached hydrogens (tertiary/aromatic N) is 4. The average Bonchev–Trinajstić information content (AvgIpc) is 2.88. The molecular weight excluding hydrogens is 306 g/mol. The molecule has 2 aromatic rings. The first kappa shape index (κ1) is 15.9. The van der Waals surface area contributed by atoms with E-state index < -0.39 is 0 Å². The lowest BCUT2D eigenvalue weighted by Crippen LogP contribution is -2.38. The lowest BCUT2D eigenvalue weighted by molar-refractivity contribution is 0.0716. The third-order valence-corrected chi connectivity index (χ3v) is 4.02. The lowest BCUT2D eigenvalue weighted by Gasteiger charge is -2.22. The Morgan fingerprint density at radius 1 is 0.875 bits per heavy atom. The van der Waals surface area contributed by atoms with E-state index in [4.69, 9.17) is 5.73 Å². The van der Waals surface area contributed by atoms with Crippen LogP contribution in [0.3, 0.4) is 0 Å². The zero-order chi connectivity index (χ0) is 16.9. The smallest absolute Gasteiger partial charge is 0.276 e. The molecule has 1 fully saturated rings. The Morgan fingerprint density at radius 3 is 2.17 bits per heavy atom. The summed E-state index contributed by atoms with van der Waals surface area (Å²) in [5, 5.41) is 0. The summed E-state index contributed by atoms with van der Waals surface area (Å²) >= 11 is 0. The number of anilines is 1. The molecule has 0 radical (unpaired) electrons. The molecule has 2 N–H and O–H groups in total. The van der Waals surface area contributed by atoms with Crippen molar-refractivity contribution in [1.82, 2.24) is 19.8 Å². The monoisotopic (exact) mass is 325 g/mol. The van der Waals surface area contributed by atoms with Gasteiger partial charge < -0.3 is 15.5 Å². The SMILES string of the molecule is Nc1nccnc1C(=O)N1CCCN(C(=O)c2ccccc2)CC1. The molecule has 0 saturated carbocycles. The third-order valence-electron chi connectivity index (χ3n) is 4.02. The number of aromatic nitrogens is 2. The fraction of sp³-hybridized carbons (Fsp3) is 0.294. The minimum absolute atomic E-state index is 0.0103. The Morgan fingerprint density at radius 2 is 1.50 bits per heavy atom. The molecule has 2 amide bonds. The second-order valence-electron chi connectivity index (χ2n) is 5.59. The first-order valence-corrected chi connectivity index (χ1v) is 7.87. The third kappa shape index (κ3) is 3.34. The second kappa shape index (κ2) is 7.08. The zero-order valence-electron chi connectivity index (χ0n) is 13.3. The molecule has 1 aliphatic rings. The summed E-state index contributed by atoms with van der Waals surface area (Å²) in [6, 6.07) is 9.17. The van der Waals surface area contributed by atoms with Gasteiger partial charge in [0.05, 0.1) is 0 Å². The highest BCUT2D eigenvalue weighted by molar-refractivity contribution is 5.96. The number of hydrogen-bond acceptors (Lipinski definition) is 5. The van der Waals surface area contributed by atoms with Gasteiger partial charge in [0.2, 0.25) is 0 Å². The Balaban J connectivity index is 1.68. The summed E-state index contributed by atoms with van der Waals surface area (Å²) < 4.78 is 0. The fourth-order valence-corrected chi connectivity index (χ4v) is 2.75. The number of carbonyl (C=O) groups is 2. The van der Waals surface area contributed by atoms with Gasteiger partial charge in [-0.25, -0.2) is 9.97 Å². The van der Waals surface area contributed by atoms with Crippen molar-refractivity contribution >= 4 is 17.6 Å². The predicted molar refractivity (Wildman–Crippen MR) is 89.3 cm³/mol. The van der Waals surface area contributed by atoms with Crippen molar-refractivity contribution in [1.29, 1.82) is 0 Å². The highest BCUT2D eigenvalue weighted by Gasteiger charge is 2.25. The van der Waals surface area contributed by atoms with Crippen molar-refractivity contribution in [2.75, 3.05) is 31.9 Å². The van der Waals surface area contributed by atoms with Crippen molar-refractivity contribution in [3.63, 3.8) is 0 Å². The van der Waals surface area contributed by atoms with Crippen LogP contribution in [-0.4, -0.2) is 57.8 Å². The number of nitrogen functional groups attached to an aromatic ring is 1. The standard InChI is InChI=1S/C17H19N5O2/c18-15-14(19-7-8-20-15)17(24)22-10-4-9-21(11-12-22)16(23)13-5-2-1-3-6-13/h1-3,5-8H,4,9-12H2,(H2,18,20). The number of carbonyl (C=O) groups excluding carboxylic acids is 2. The van der Waals surface area contributed by atoms with Gasteiger partial charge in [0, 0.05) is 44.1 Å². The topological polar surface area (TPSA) is 92.4 Å². The van der Waals surface area contributed by atoms with Crippen molar-refractivity contribution in [2.24, 2.45) is 0 Å². The van der Waals surface area contributed by atoms with Crippen LogP contribution >= 0.6 is 0 Å². The minimum atomic E-state index is -0.241. The van der Waals surface area contributed by atoms with Crippen LogP contribution in [0.2, 0.25) is 0 Å². The van der Waals surface area contributed by atoms with Gasteiger partial charge in [0.15, 0.2) is 11.5 Å². The van der Waals surface area contributed by atoms with Gasteiger partial charge in [-0.1, -0.05) is 18.2 Å². The Bertz CT molecular complexity index is 735. The Kier molecular flexibility index (Phi) is 4.69. The molecule has 24 heavy (non-hydrogen) atoms. The highest BCUT2D eigenvalue weighted by Crippen LogP contribution is 2.13. The van der Waals surface area contributed by atoms with Crippen LogP contribution in [0, 0.1) is 0 Å². The number of benzene rings is 1. The molecule has 2 heterocycles. The second-order valence-corrected chi connectivity index (χ2v) is 5.59. The molecule has 0 aliphatic carbocycles. The largest absolute Gasteiger partial charge is 0.382 e. The molecule has 1 saturated heterocycles. The van der Waals surface area contributed by atoms with Crippen LogP contribution in [-0.2, 0) is 0 Å². The van der Waals surface area contributed by atoms with E-state index >= 15 is 0 Å². The van der Waals surface area contributed by atoms with Crippen molar-refractivity contribution in [3.05, 3.63) is 54.0 Å². The van der Waals surface area contributed by atoms with E-state index in [1.54, 1.807) is 21.9 Å². The first-order chi connectivity index (χ1) is 11.7. The van der Waals surface area contributed by atoms with E-state index in [-0.39, 0.29) is 23.3 Å². The normalized spacial score (nSPS) is 15.0. The van der Waals surface area contributed by atoms with Crippen LogP contribution in [0.5, 0.6) is 0 Å². The molecule has 0 atom stereocenters. The van der Waals surface area contributed by atoms with Gasteiger partial charge in [-0.2, -0.15) is 0 Å². The average molecular weight is 325 g/mol. The maximum Gasteiger partial charge on any atom is 0.276 e. The molecule has 0 spiro atoms. The summed E-state index contributed by atoms with van der Waals surface area (Å²) in [6.07, 6.45) is 3.62. The number of hydrogen-bond donors (Lipinski definition) is 1. The number of nitrogens with two attached hydrogens (primary N) is 1. The van der Waals surface area contributed by atoms with Gasteiger partial charge in [-0.15, -0.1) is 0 Å². The zero-order valence-corrected chi connectivity index (χ0v) is 13.3. The van der Waals surface area contributed by atoms with Crippen LogP contribution in [0.25, 0.3) is 0 Å². The summed E-state index contributed by atoms with van der Waals surface area (Å²) in [4.78, 5) is 36.5. The summed E-state index contributed by atoms with van der Waals surface area (Å²) in [5.41, 5.74) is 6.56. The molecule has 1 aliphatic heterocycles. The Labute approximate surface area is 140 Å². The molecule has 3 rings (SSSR count).